The van der Waals surface area contributed by atoms with Gasteiger partial charge in [-0.15, -0.1) is 0 Å². The Kier molecular flexibility index (Phi) is 3.61. The molecule has 1 aliphatic heterocycles. The van der Waals surface area contributed by atoms with E-state index >= 15 is 0 Å². The minimum Gasteiger partial charge on any atom is -0.370 e. The van der Waals surface area contributed by atoms with Gasteiger partial charge in [-0.25, -0.2) is 0 Å². The van der Waals surface area contributed by atoms with Crippen molar-refractivity contribution >= 4 is 11.6 Å². The number of hydrogen-bond acceptors (Lipinski definition) is 3. The molecule has 1 aliphatic rings. The molecule has 1 heterocycles. The van der Waals surface area contributed by atoms with Crippen LogP contribution in [0.2, 0.25) is 0 Å². The quantitative estimate of drug-likeness (QED) is 0.789. The lowest BCUT2D eigenvalue weighted by Crippen LogP contribution is -2.38. The highest BCUT2D eigenvalue weighted by Crippen LogP contribution is 2.16. The number of carbonyl (C=O) groups excluding carboxylic acids is 1. The van der Waals surface area contributed by atoms with E-state index in [1.165, 1.54) is 0 Å². The number of nitrogens with zero attached hydrogens (tertiary/aromatic N) is 2. The third-order valence-electron chi connectivity index (χ3n) is 2.90. The lowest BCUT2D eigenvalue weighted by atomic mass is 10.2. The van der Waals surface area contributed by atoms with Crippen LogP contribution in [0.1, 0.15) is 18.4 Å². The van der Waals surface area contributed by atoms with Gasteiger partial charge in [-0.2, -0.15) is 5.26 Å². The van der Waals surface area contributed by atoms with Crippen molar-refractivity contribution in [3.63, 3.8) is 0 Å². The maximum Gasteiger partial charge on any atom is 0.220 e. The van der Waals surface area contributed by atoms with Gasteiger partial charge in [-0.05, 0) is 30.7 Å². The van der Waals surface area contributed by atoms with Gasteiger partial charge in [0.25, 0.3) is 0 Å². The molecule has 0 aliphatic carbocycles. The lowest BCUT2D eigenvalue weighted by molar-refractivity contribution is -0.121. The molecule has 17 heavy (non-hydrogen) atoms. The van der Waals surface area contributed by atoms with E-state index in [9.17, 15) is 4.79 Å². The topological polar surface area (TPSA) is 56.1 Å². The normalized spacial score (nSPS) is 16.6. The Hall–Kier alpha value is -2.02. The summed E-state index contributed by atoms with van der Waals surface area (Å²) in [4.78, 5) is 13.4. The van der Waals surface area contributed by atoms with Gasteiger partial charge in [0.15, 0.2) is 0 Å². The van der Waals surface area contributed by atoms with E-state index in [1.807, 2.05) is 24.3 Å². The summed E-state index contributed by atoms with van der Waals surface area (Å²) in [5.74, 6) is 0.143. The summed E-state index contributed by atoms with van der Waals surface area (Å²) < 4.78 is 0. The Morgan fingerprint density at radius 1 is 1.24 bits per heavy atom. The molecule has 0 bridgehead atoms. The fraction of sp³-hybridized carbons (Fsp3) is 0.385. The summed E-state index contributed by atoms with van der Waals surface area (Å²) in [5.41, 5.74) is 1.79. The van der Waals surface area contributed by atoms with Gasteiger partial charge >= 0.3 is 0 Å². The SMILES string of the molecule is N#Cc1ccc(N2CCCC(=O)NCC2)cc1. The van der Waals surface area contributed by atoms with Crippen LogP contribution in [0.25, 0.3) is 0 Å². The molecule has 0 spiro atoms. The summed E-state index contributed by atoms with van der Waals surface area (Å²) in [5, 5.41) is 11.6. The minimum atomic E-state index is 0.143. The number of carbonyl (C=O) groups is 1. The molecule has 0 unspecified atom stereocenters. The molecule has 0 aromatic heterocycles. The summed E-state index contributed by atoms with van der Waals surface area (Å²) in [7, 11) is 0. The van der Waals surface area contributed by atoms with Crippen molar-refractivity contribution in [3.05, 3.63) is 29.8 Å². The number of rotatable bonds is 1. The molecule has 88 valence electrons. The Bertz CT molecular complexity index is 421. The molecule has 4 nitrogen and oxygen atoms in total. The van der Waals surface area contributed by atoms with Crippen LogP contribution in [0.15, 0.2) is 24.3 Å². The van der Waals surface area contributed by atoms with Crippen LogP contribution in [0.3, 0.4) is 0 Å². The molecule has 1 N–H and O–H groups in total. The molecule has 2 rings (SSSR count). The molecule has 1 aromatic rings. The van der Waals surface area contributed by atoms with E-state index in [4.69, 9.17) is 5.26 Å². The van der Waals surface area contributed by atoms with E-state index in [2.05, 4.69) is 16.3 Å². The maximum atomic E-state index is 11.2. The lowest BCUT2D eigenvalue weighted by Gasteiger charge is -2.27. The highest BCUT2D eigenvalue weighted by molar-refractivity contribution is 5.76. The molecule has 0 atom stereocenters. The monoisotopic (exact) mass is 229 g/mol. The third-order valence-corrected chi connectivity index (χ3v) is 2.90. The van der Waals surface area contributed by atoms with Gasteiger partial charge in [-0.1, -0.05) is 0 Å². The van der Waals surface area contributed by atoms with Gasteiger partial charge in [0, 0.05) is 31.7 Å². The van der Waals surface area contributed by atoms with Crippen molar-refractivity contribution in [1.29, 1.82) is 5.26 Å². The van der Waals surface area contributed by atoms with Gasteiger partial charge in [-0.3, -0.25) is 4.79 Å². The van der Waals surface area contributed by atoms with Gasteiger partial charge in [0.05, 0.1) is 11.6 Å². The molecule has 0 radical (unpaired) electrons. The largest absolute Gasteiger partial charge is 0.370 e. The second kappa shape index (κ2) is 5.35. The van der Waals surface area contributed by atoms with Crippen molar-refractivity contribution in [2.24, 2.45) is 0 Å². The fourth-order valence-corrected chi connectivity index (χ4v) is 1.97. The van der Waals surface area contributed by atoms with Gasteiger partial charge in [0.2, 0.25) is 5.91 Å². The summed E-state index contributed by atoms with van der Waals surface area (Å²) in [6.45, 7) is 2.38. The zero-order valence-electron chi connectivity index (χ0n) is 9.65. The first-order chi connectivity index (χ1) is 8.29. The Morgan fingerprint density at radius 3 is 2.71 bits per heavy atom. The number of nitriles is 1. The third kappa shape index (κ3) is 2.97. The van der Waals surface area contributed by atoms with Crippen LogP contribution in [-0.2, 0) is 4.79 Å². The molecule has 0 saturated carbocycles. The van der Waals surface area contributed by atoms with Crippen LogP contribution in [-0.4, -0.2) is 25.5 Å². The zero-order chi connectivity index (χ0) is 12.1. The smallest absolute Gasteiger partial charge is 0.220 e. The second-order valence-corrected chi connectivity index (χ2v) is 4.10. The van der Waals surface area contributed by atoms with Crippen LogP contribution in [0.5, 0.6) is 0 Å². The molecule has 4 heteroatoms. The standard InChI is InChI=1S/C13H15N3O/c14-10-11-3-5-12(6-4-11)16-8-1-2-13(17)15-7-9-16/h3-6H,1-2,7-9H2,(H,15,17). The summed E-state index contributed by atoms with van der Waals surface area (Å²) >= 11 is 0. The Morgan fingerprint density at radius 2 is 2.00 bits per heavy atom. The Balaban J connectivity index is 2.05. The average Bonchev–Trinajstić information content (AvgIpc) is 2.34. The van der Waals surface area contributed by atoms with E-state index < -0.39 is 0 Å². The first-order valence-electron chi connectivity index (χ1n) is 5.81. The predicted octanol–water partition coefficient (Wildman–Crippen LogP) is 1.27. The minimum absolute atomic E-state index is 0.143. The molecular formula is C13H15N3O. The molecular weight excluding hydrogens is 214 g/mol. The fourth-order valence-electron chi connectivity index (χ4n) is 1.97. The summed E-state index contributed by atoms with van der Waals surface area (Å²) in [6.07, 6.45) is 1.46. The molecule has 1 amide bonds. The van der Waals surface area contributed by atoms with E-state index in [1.54, 1.807) is 0 Å². The summed E-state index contributed by atoms with van der Waals surface area (Å²) in [6, 6.07) is 9.68. The van der Waals surface area contributed by atoms with Crippen LogP contribution in [0.4, 0.5) is 5.69 Å². The number of amides is 1. The number of benzene rings is 1. The van der Waals surface area contributed by atoms with Crippen LogP contribution >= 0.6 is 0 Å². The van der Waals surface area contributed by atoms with Crippen molar-refractivity contribution in [2.75, 3.05) is 24.5 Å². The van der Waals surface area contributed by atoms with Gasteiger partial charge in [0.1, 0.15) is 0 Å². The van der Waals surface area contributed by atoms with Gasteiger partial charge < -0.3 is 10.2 Å². The highest BCUT2D eigenvalue weighted by Gasteiger charge is 2.11. The average molecular weight is 229 g/mol. The second-order valence-electron chi connectivity index (χ2n) is 4.10. The Labute approximate surface area is 101 Å². The van der Waals surface area contributed by atoms with Crippen LogP contribution in [0, 0.1) is 11.3 Å². The number of anilines is 1. The predicted molar refractivity (Wildman–Crippen MR) is 65.6 cm³/mol. The van der Waals surface area contributed by atoms with Crippen molar-refractivity contribution in [1.82, 2.24) is 5.32 Å². The van der Waals surface area contributed by atoms with Crippen molar-refractivity contribution < 1.29 is 4.79 Å². The zero-order valence-corrected chi connectivity index (χ0v) is 9.65. The highest BCUT2D eigenvalue weighted by atomic mass is 16.1. The van der Waals surface area contributed by atoms with Crippen molar-refractivity contribution in [3.8, 4) is 6.07 Å². The van der Waals surface area contributed by atoms with Crippen LogP contribution < -0.4 is 10.2 Å². The first kappa shape index (κ1) is 11.5. The molecule has 1 fully saturated rings. The van der Waals surface area contributed by atoms with E-state index in [0.717, 1.165) is 25.2 Å². The first-order valence-corrected chi connectivity index (χ1v) is 5.81. The maximum absolute atomic E-state index is 11.2. The number of nitrogens with one attached hydrogen (secondary N) is 1. The van der Waals surface area contributed by atoms with E-state index in [0.29, 0.717) is 18.5 Å². The molecule has 1 saturated heterocycles. The van der Waals surface area contributed by atoms with Crippen molar-refractivity contribution in [2.45, 2.75) is 12.8 Å². The molecule has 1 aromatic carbocycles. The number of hydrogen-bond donors (Lipinski definition) is 1. The van der Waals surface area contributed by atoms with E-state index in [-0.39, 0.29) is 5.91 Å².